The van der Waals surface area contributed by atoms with Crippen LogP contribution in [0.25, 0.3) is 0 Å². The average molecular weight is 815 g/mol. The molecule has 56 heavy (non-hydrogen) atoms. The summed E-state index contributed by atoms with van der Waals surface area (Å²) in [5, 5.41) is 4.34. The Kier molecular flexibility index (Phi) is 11.4. The van der Waals surface area contributed by atoms with E-state index >= 15 is 0 Å². The van der Waals surface area contributed by atoms with Gasteiger partial charge >= 0.3 is 18.4 Å². The van der Waals surface area contributed by atoms with Crippen molar-refractivity contribution in [3.05, 3.63) is 47.3 Å². The fourth-order valence-electron chi connectivity index (χ4n) is 7.33. The van der Waals surface area contributed by atoms with E-state index in [0.717, 1.165) is 9.80 Å². The molecular formula is C36H46F4N6O9S. The van der Waals surface area contributed by atoms with Gasteiger partial charge in [-0.05, 0) is 64.5 Å². The summed E-state index contributed by atoms with van der Waals surface area (Å²) < 4.78 is 94.3. The molecule has 0 unspecified atom stereocenters. The first-order valence-electron chi connectivity index (χ1n) is 18.5. The first-order chi connectivity index (χ1) is 26.1. The zero-order valence-corrected chi connectivity index (χ0v) is 32.0. The quantitative estimate of drug-likeness (QED) is 0.285. The molecule has 5 aliphatic rings. The Morgan fingerprint density at radius 1 is 1.05 bits per heavy atom. The average Bonchev–Trinajstić information content (AvgIpc) is 3.97. The Bertz CT molecular complexity index is 1890. The van der Waals surface area contributed by atoms with Crippen LogP contribution in [0, 0.1) is 11.7 Å². The summed E-state index contributed by atoms with van der Waals surface area (Å²) in [6, 6.07) is 1.48. The summed E-state index contributed by atoms with van der Waals surface area (Å²) in [7, 11) is -4.06. The number of nitrogens with zero attached hydrogens (tertiary/aromatic N) is 3. The smallest absolute Gasteiger partial charge is 0.410 e. The number of hydrogen-bond donors (Lipinski definition) is 3. The molecule has 2 saturated carbocycles. The van der Waals surface area contributed by atoms with E-state index in [1.165, 1.54) is 17.0 Å². The number of halogens is 4. The molecule has 0 aromatic heterocycles. The number of carbonyl (C=O) groups is 5. The molecule has 1 aromatic rings. The summed E-state index contributed by atoms with van der Waals surface area (Å²) in [6.07, 6.45) is -4.44. The number of benzene rings is 1. The Morgan fingerprint density at radius 2 is 1.79 bits per heavy atom. The molecular weight excluding hydrogens is 768 g/mol. The van der Waals surface area contributed by atoms with E-state index in [-0.39, 0.29) is 51.9 Å². The van der Waals surface area contributed by atoms with Crippen LogP contribution >= 0.6 is 0 Å². The zero-order valence-electron chi connectivity index (χ0n) is 31.2. The Labute approximate surface area is 321 Å². The van der Waals surface area contributed by atoms with Crippen molar-refractivity contribution < 1.29 is 59.4 Å². The van der Waals surface area contributed by atoms with Crippen LogP contribution in [0.3, 0.4) is 0 Å². The van der Waals surface area contributed by atoms with E-state index in [4.69, 9.17) is 9.47 Å². The molecule has 3 aliphatic heterocycles. The molecule has 0 bridgehead atoms. The normalized spacial score (nSPS) is 28.1. The van der Waals surface area contributed by atoms with Gasteiger partial charge in [0.05, 0.1) is 24.9 Å². The first kappa shape index (κ1) is 41.2. The molecule has 1 saturated heterocycles. The third-order valence-corrected chi connectivity index (χ3v) is 12.2. The summed E-state index contributed by atoms with van der Waals surface area (Å²) >= 11 is 0. The number of rotatable bonds is 6. The van der Waals surface area contributed by atoms with E-state index in [0.29, 0.717) is 24.0 Å². The van der Waals surface area contributed by atoms with Gasteiger partial charge < -0.3 is 25.0 Å². The van der Waals surface area contributed by atoms with Gasteiger partial charge in [0.15, 0.2) is 0 Å². The highest BCUT2D eigenvalue weighted by atomic mass is 32.2. The van der Waals surface area contributed by atoms with Crippen LogP contribution in [0.2, 0.25) is 0 Å². The monoisotopic (exact) mass is 814 g/mol. The number of alkyl halides is 3. The van der Waals surface area contributed by atoms with Crippen molar-refractivity contribution in [2.45, 2.75) is 113 Å². The van der Waals surface area contributed by atoms with Gasteiger partial charge in [0.1, 0.15) is 35.1 Å². The standard InChI is InChI=1S/C36H46F4N6O9S/c1-34(2,3)55-32(50)41-27-12-14-44(20-36(38,39)40)13-5-4-8-22-16-35(22,31(49)43-56(52,53)24-10-11-24)42-29(47)28-15-23(18-46(28)30(27)48)54-33(51)45-17-21-7-6-9-26(37)25(21)19-45/h4,6-9,22-24,27-28H,5,10-20H2,1-3H3,(H,41,50)(H,42,47)(H,43,49)/b8-4-/t22-,23+,27-,28-,35+/m0/s1. The molecule has 15 nitrogen and oxygen atoms in total. The highest BCUT2D eigenvalue weighted by Crippen LogP contribution is 2.46. The second kappa shape index (κ2) is 15.5. The van der Waals surface area contributed by atoms with Crippen molar-refractivity contribution in [2.24, 2.45) is 5.92 Å². The lowest BCUT2D eigenvalue weighted by Gasteiger charge is -2.31. The molecule has 3 N–H and O–H groups in total. The molecule has 2 aliphatic carbocycles. The lowest BCUT2D eigenvalue weighted by Crippen LogP contribution is -2.58. The van der Waals surface area contributed by atoms with Crippen LogP contribution in [0.5, 0.6) is 0 Å². The minimum absolute atomic E-state index is 0.0395. The van der Waals surface area contributed by atoms with Crippen LogP contribution < -0.4 is 15.4 Å². The van der Waals surface area contributed by atoms with E-state index in [2.05, 4.69) is 15.4 Å². The van der Waals surface area contributed by atoms with Crippen LogP contribution in [0.15, 0.2) is 30.4 Å². The molecule has 0 spiro atoms. The number of ether oxygens (including phenoxy) is 2. The van der Waals surface area contributed by atoms with Crippen molar-refractivity contribution in [3.63, 3.8) is 0 Å². The molecule has 0 radical (unpaired) electrons. The van der Waals surface area contributed by atoms with Crippen molar-refractivity contribution in [2.75, 3.05) is 26.2 Å². The van der Waals surface area contributed by atoms with E-state index in [1.54, 1.807) is 39.0 Å². The highest BCUT2D eigenvalue weighted by Gasteiger charge is 2.62. The fraction of sp³-hybridized carbons (Fsp3) is 0.639. The van der Waals surface area contributed by atoms with Gasteiger partial charge in [0, 0.05) is 37.5 Å². The topological polar surface area (TPSA) is 184 Å². The second-order valence-electron chi connectivity index (χ2n) is 16.0. The fourth-order valence-corrected chi connectivity index (χ4v) is 8.69. The maximum Gasteiger partial charge on any atom is 0.410 e. The van der Waals surface area contributed by atoms with Gasteiger partial charge in [-0.3, -0.25) is 28.9 Å². The summed E-state index contributed by atoms with van der Waals surface area (Å²) in [6.45, 7) is 2.49. The Balaban J connectivity index is 1.30. The Hall–Kier alpha value is -4.46. The minimum atomic E-state index is -4.61. The largest absolute Gasteiger partial charge is 0.444 e. The summed E-state index contributed by atoms with van der Waals surface area (Å²) in [5.41, 5.74) is -1.90. The third-order valence-electron chi connectivity index (χ3n) is 10.4. The SMILES string of the molecule is CC(C)(C)OC(=O)N[C@H]1CCN(CC(F)(F)F)CC/C=C\[C@H]2C[C@@]2(C(=O)NS(=O)(=O)C2CC2)NC(=O)[C@@H]2C[C@@H](OC(=O)N3Cc4cccc(F)c4C3)CN2C1=O. The molecule has 5 atom stereocenters. The molecule has 5 amide bonds. The maximum absolute atomic E-state index is 14.4. The van der Waals surface area contributed by atoms with Crippen LogP contribution in [-0.2, 0) is 47.0 Å². The number of carbonyl (C=O) groups excluding carboxylic acids is 5. The van der Waals surface area contributed by atoms with Crippen LogP contribution in [-0.4, -0.2) is 120 Å². The molecule has 3 heterocycles. The van der Waals surface area contributed by atoms with Crippen molar-refractivity contribution in [3.8, 4) is 0 Å². The molecule has 308 valence electrons. The molecule has 20 heteroatoms. The predicted molar refractivity (Wildman–Crippen MR) is 189 cm³/mol. The zero-order chi connectivity index (χ0) is 40.8. The first-order valence-corrected chi connectivity index (χ1v) is 20.0. The summed E-state index contributed by atoms with van der Waals surface area (Å²) in [4.78, 5) is 72.0. The van der Waals surface area contributed by atoms with Gasteiger partial charge in [-0.15, -0.1) is 0 Å². The number of alkyl carbamates (subject to hydrolysis) is 1. The van der Waals surface area contributed by atoms with Crippen LogP contribution in [0.1, 0.15) is 70.4 Å². The lowest BCUT2D eigenvalue weighted by molar-refractivity contribution is -0.147. The molecule has 1 aromatic carbocycles. The summed E-state index contributed by atoms with van der Waals surface area (Å²) in [5.74, 6) is -4.01. The van der Waals surface area contributed by atoms with E-state index < -0.39 is 106 Å². The molecule has 3 fully saturated rings. The minimum Gasteiger partial charge on any atom is -0.444 e. The number of fused-ring (bicyclic) bond motifs is 3. The number of amides is 5. The third kappa shape index (κ3) is 9.73. The van der Waals surface area contributed by atoms with Crippen molar-refractivity contribution >= 4 is 39.9 Å². The van der Waals surface area contributed by atoms with Crippen molar-refractivity contribution in [1.29, 1.82) is 0 Å². The molecule has 6 rings (SSSR count). The Morgan fingerprint density at radius 3 is 2.45 bits per heavy atom. The number of nitrogens with one attached hydrogen (secondary N) is 3. The second-order valence-corrected chi connectivity index (χ2v) is 18.0. The van der Waals surface area contributed by atoms with Gasteiger partial charge in [0.2, 0.25) is 21.8 Å². The van der Waals surface area contributed by atoms with E-state index in [9.17, 15) is 50.0 Å². The highest BCUT2D eigenvalue weighted by molar-refractivity contribution is 7.91. The van der Waals surface area contributed by atoms with Crippen molar-refractivity contribution in [1.82, 2.24) is 30.1 Å². The van der Waals surface area contributed by atoms with Crippen LogP contribution in [0.4, 0.5) is 27.2 Å². The van der Waals surface area contributed by atoms with Gasteiger partial charge in [-0.2, -0.15) is 13.2 Å². The lowest BCUT2D eigenvalue weighted by atomic mass is 10.1. The van der Waals surface area contributed by atoms with Gasteiger partial charge in [-0.1, -0.05) is 24.3 Å². The van der Waals surface area contributed by atoms with E-state index in [1.807, 2.05) is 0 Å². The van der Waals surface area contributed by atoms with Gasteiger partial charge in [0.25, 0.3) is 5.91 Å². The number of sulfonamides is 1. The van der Waals surface area contributed by atoms with Gasteiger partial charge in [-0.25, -0.2) is 22.4 Å². The predicted octanol–water partition coefficient (Wildman–Crippen LogP) is 2.84. The number of hydrogen-bond acceptors (Lipinski definition) is 10. The maximum atomic E-state index is 14.4.